The maximum atomic E-state index is 13.4. The van der Waals surface area contributed by atoms with Gasteiger partial charge in [-0.3, -0.25) is 14.8 Å². The lowest BCUT2D eigenvalue weighted by molar-refractivity contribution is 0.256. The number of hydrogen-bond donors (Lipinski definition) is 2. The maximum Gasteiger partial charge on any atom is 0.278 e. The Kier molecular flexibility index (Phi) is 6.55. The fourth-order valence-electron chi connectivity index (χ4n) is 5.74. The molecule has 11 nitrogen and oxygen atoms in total. The summed E-state index contributed by atoms with van der Waals surface area (Å²) in [5, 5.41) is 4.96. The Balaban J connectivity index is 1.25. The van der Waals surface area contributed by atoms with E-state index in [9.17, 15) is 4.79 Å². The molecule has 0 radical (unpaired) electrons. The van der Waals surface area contributed by atoms with Gasteiger partial charge >= 0.3 is 0 Å². The van der Waals surface area contributed by atoms with Gasteiger partial charge in [0.05, 0.1) is 18.4 Å². The van der Waals surface area contributed by atoms with E-state index in [0.29, 0.717) is 40.1 Å². The molecule has 1 aliphatic heterocycles. The van der Waals surface area contributed by atoms with Gasteiger partial charge in [-0.25, -0.2) is 19.3 Å². The van der Waals surface area contributed by atoms with Gasteiger partial charge in [-0.15, -0.1) is 6.58 Å². The standard InChI is InChI=1S/C31H30N10O/c1-3-13-40-30(42)24-18-35-31(38-29(24)41(40)28-6-4-5-25(37-28)27-19-32-11-12-33-27)36-21-7-8-22-23(17-34-26(22)16-21)20-9-14-39(2)15-10-20/h3-8,11-12,16-20,34H,1,9-10,13-15H2,2H3,(H,35,36,38). The molecule has 0 amide bonds. The number of likely N-dealkylation sites (tertiary alicyclic amines) is 1. The Labute approximate surface area is 241 Å². The monoisotopic (exact) mass is 558 g/mol. The lowest BCUT2D eigenvalue weighted by Crippen LogP contribution is -2.29. The van der Waals surface area contributed by atoms with E-state index in [-0.39, 0.29) is 12.1 Å². The summed E-state index contributed by atoms with van der Waals surface area (Å²) in [6, 6.07) is 11.8. The highest BCUT2D eigenvalue weighted by atomic mass is 16.1. The van der Waals surface area contributed by atoms with Gasteiger partial charge in [0, 0.05) is 41.4 Å². The van der Waals surface area contributed by atoms with Crippen molar-refractivity contribution in [3.63, 3.8) is 0 Å². The third-order valence-corrected chi connectivity index (χ3v) is 7.88. The third kappa shape index (κ3) is 4.63. The molecule has 1 saturated heterocycles. The van der Waals surface area contributed by atoms with Crippen molar-refractivity contribution in [3.8, 4) is 17.2 Å². The number of nitrogens with one attached hydrogen (secondary N) is 2. The van der Waals surface area contributed by atoms with Crippen LogP contribution in [0.5, 0.6) is 0 Å². The fraction of sp³-hybridized carbons (Fsp3) is 0.226. The summed E-state index contributed by atoms with van der Waals surface area (Å²) < 4.78 is 3.25. The summed E-state index contributed by atoms with van der Waals surface area (Å²) in [6.45, 7) is 6.35. The van der Waals surface area contributed by atoms with Crippen LogP contribution in [0, 0.1) is 0 Å². The summed E-state index contributed by atoms with van der Waals surface area (Å²) in [4.78, 5) is 41.8. The van der Waals surface area contributed by atoms with Gasteiger partial charge in [0.2, 0.25) is 5.95 Å². The van der Waals surface area contributed by atoms with Crippen molar-refractivity contribution in [1.82, 2.24) is 44.2 Å². The van der Waals surface area contributed by atoms with E-state index in [2.05, 4.69) is 62.1 Å². The maximum absolute atomic E-state index is 13.4. The first-order valence-corrected chi connectivity index (χ1v) is 14.0. The van der Waals surface area contributed by atoms with E-state index in [1.165, 1.54) is 23.8 Å². The van der Waals surface area contributed by atoms with Crippen molar-refractivity contribution in [3.05, 3.63) is 96.0 Å². The summed E-state index contributed by atoms with van der Waals surface area (Å²) in [7, 11) is 2.18. The van der Waals surface area contributed by atoms with Crippen molar-refractivity contribution >= 4 is 33.6 Å². The van der Waals surface area contributed by atoms with Crippen LogP contribution in [0.25, 0.3) is 39.1 Å². The summed E-state index contributed by atoms with van der Waals surface area (Å²) in [5.74, 6) is 1.46. The number of rotatable bonds is 7. The van der Waals surface area contributed by atoms with Crippen molar-refractivity contribution in [2.24, 2.45) is 0 Å². The molecule has 6 heterocycles. The highest BCUT2D eigenvalue weighted by Gasteiger charge is 2.22. The average Bonchev–Trinajstić information content (AvgIpc) is 3.56. The summed E-state index contributed by atoms with van der Waals surface area (Å²) in [5.41, 5.74) is 4.77. The lowest BCUT2D eigenvalue weighted by atomic mass is 9.89. The molecule has 0 spiro atoms. The topological polar surface area (TPSA) is 122 Å². The molecule has 11 heteroatoms. The van der Waals surface area contributed by atoms with Gasteiger partial charge < -0.3 is 15.2 Å². The zero-order chi connectivity index (χ0) is 28.6. The number of piperidine rings is 1. The second-order valence-electron chi connectivity index (χ2n) is 10.6. The first kappa shape index (κ1) is 25.8. The minimum absolute atomic E-state index is 0.225. The van der Waals surface area contributed by atoms with Crippen LogP contribution in [0.4, 0.5) is 11.6 Å². The van der Waals surface area contributed by atoms with Crippen LogP contribution < -0.4 is 10.9 Å². The molecule has 6 aromatic rings. The molecule has 1 aromatic carbocycles. The van der Waals surface area contributed by atoms with E-state index in [1.54, 1.807) is 40.2 Å². The zero-order valence-electron chi connectivity index (χ0n) is 23.2. The third-order valence-electron chi connectivity index (χ3n) is 7.88. The Morgan fingerprint density at radius 1 is 1.05 bits per heavy atom. The molecule has 1 aliphatic rings. The van der Waals surface area contributed by atoms with Gasteiger partial charge in [-0.2, -0.15) is 4.98 Å². The Morgan fingerprint density at radius 3 is 2.74 bits per heavy atom. The zero-order valence-corrected chi connectivity index (χ0v) is 23.2. The second kappa shape index (κ2) is 10.7. The number of pyridine rings is 1. The van der Waals surface area contributed by atoms with Crippen LogP contribution in [0.3, 0.4) is 0 Å². The Bertz CT molecular complexity index is 1970. The molecule has 210 valence electrons. The van der Waals surface area contributed by atoms with Gasteiger partial charge in [-0.05, 0) is 68.7 Å². The number of anilines is 2. The van der Waals surface area contributed by atoms with Crippen LogP contribution in [0.1, 0.15) is 24.3 Å². The van der Waals surface area contributed by atoms with Crippen LogP contribution >= 0.6 is 0 Å². The summed E-state index contributed by atoms with van der Waals surface area (Å²) in [6.07, 6.45) is 12.6. The highest BCUT2D eigenvalue weighted by Crippen LogP contribution is 2.34. The van der Waals surface area contributed by atoms with Gasteiger partial charge in [-0.1, -0.05) is 18.2 Å². The van der Waals surface area contributed by atoms with Crippen LogP contribution in [0.15, 0.2) is 84.8 Å². The van der Waals surface area contributed by atoms with Gasteiger partial charge in [0.15, 0.2) is 11.5 Å². The van der Waals surface area contributed by atoms with E-state index < -0.39 is 0 Å². The van der Waals surface area contributed by atoms with E-state index in [1.807, 2.05) is 24.3 Å². The molecule has 0 unspecified atom stereocenters. The molecule has 42 heavy (non-hydrogen) atoms. The summed E-state index contributed by atoms with van der Waals surface area (Å²) >= 11 is 0. The molecule has 7 rings (SSSR count). The molecule has 1 fully saturated rings. The van der Waals surface area contributed by atoms with Crippen molar-refractivity contribution in [2.45, 2.75) is 25.3 Å². The second-order valence-corrected chi connectivity index (χ2v) is 10.6. The SMILES string of the molecule is C=CCn1c(=O)c2cnc(Nc3ccc4c(C5CCN(C)CC5)c[nH]c4c3)nc2n1-c1cccc(-c2cnccn2)n1. The minimum atomic E-state index is -0.225. The average molecular weight is 559 g/mol. The number of benzene rings is 1. The van der Waals surface area contributed by atoms with E-state index in [4.69, 9.17) is 9.97 Å². The molecule has 0 atom stereocenters. The predicted octanol–water partition coefficient (Wildman–Crippen LogP) is 4.65. The van der Waals surface area contributed by atoms with Crippen molar-refractivity contribution in [2.75, 3.05) is 25.5 Å². The normalized spacial score (nSPS) is 14.5. The largest absolute Gasteiger partial charge is 0.361 e. The van der Waals surface area contributed by atoms with Crippen molar-refractivity contribution < 1.29 is 0 Å². The number of aromatic nitrogens is 8. The van der Waals surface area contributed by atoms with Crippen LogP contribution in [-0.2, 0) is 6.54 Å². The van der Waals surface area contributed by atoms with Gasteiger partial charge in [0.1, 0.15) is 11.1 Å². The molecule has 2 N–H and O–H groups in total. The Hall–Kier alpha value is -5.16. The lowest BCUT2D eigenvalue weighted by Gasteiger charge is -2.28. The smallest absolute Gasteiger partial charge is 0.278 e. The van der Waals surface area contributed by atoms with E-state index >= 15 is 0 Å². The number of fused-ring (bicyclic) bond motifs is 2. The molecular formula is C31H30N10O. The van der Waals surface area contributed by atoms with Crippen LogP contribution in [-0.4, -0.2) is 64.3 Å². The molecular weight excluding hydrogens is 528 g/mol. The van der Waals surface area contributed by atoms with Crippen LogP contribution in [0.2, 0.25) is 0 Å². The number of H-pyrrole nitrogens is 1. The first-order chi connectivity index (χ1) is 20.6. The highest BCUT2D eigenvalue weighted by molar-refractivity contribution is 5.87. The fourth-order valence-corrected chi connectivity index (χ4v) is 5.74. The van der Waals surface area contributed by atoms with E-state index in [0.717, 1.165) is 24.3 Å². The predicted molar refractivity (Wildman–Crippen MR) is 163 cm³/mol. The number of aromatic amines is 1. The molecule has 0 aliphatic carbocycles. The minimum Gasteiger partial charge on any atom is -0.361 e. The molecule has 0 bridgehead atoms. The number of allylic oxidation sites excluding steroid dienone is 1. The number of nitrogens with zero attached hydrogens (tertiary/aromatic N) is 8. The number of hydrogen-bond acceptors (Lipinski definition) is 8. The van der Waals surface area contributed by atoms with Crippen molar-refractivity contribution in [1.29, 1.82) is 0 Å². The first-order valence-electron chi connectivity index (χ1n) is 14.0. The molecule has 0 saturated carbocycles. The van der Waals surface area contributed by atoms with Gasteiger partial charge in [0.25, 0.3) is 5.56 Å². The molecule has 5 aromatic heterocycles. The Morgan fingerprint density at radius 2 is 1.93 bits per heavy atom. The quantitative estimate of drug-likeness (QED) is 0.272.